The number of cyclic esters (lactones) is 1. The second-order valence-corrected chi connectivity index (χ2v) is 7.77. The van der Waals surface area contributed by atoms with Crippen molar-refractivity contribution in [3.05, 3.63) is 71.3 Å². The SMILES string of the molecule is CS(=O)c1ccc(C2=C(Cc3ccccc3)C(=O)OC2(C)C)cc1. The molecule has 1 heterocycles. The Balaban J connectivity index is 2.07. The fourth-order valence-corrected chi connectivity index (χ4v) is 3.62. The number of rotatable bonds is 4. The standard InChI is InChI=1S/C20H20O3S/c1-20(2)18(15-9-11-16(12-10-15)24(3)22)17(19(21)23-20)13-14-7-5-4-6-8-14/h4-12H,13H2,1-3H3. The number of hydrogen-bond donors (Lipinski definition) is 0. The molecule has 1 atom stereocenters. The maximum atomic E-state index is 12.4. The minimum Gasteiger partial charge on any atom is -0.451 e. The predicted molar refractivity (Wildman–Crippen MR) is 96.0 cm³/mol. The summed E-state index contributed by atoms with van der Waals surface area (Å²) in [4.78, 5) is 13.2. The van der Waals surface area contributed by atoms with E-state index in [4.69, 9.17) is 4.74 Å². The number of carbonyl (C=O) groups excluding carboxylic acids is 1. The maximum absolute atomic E-state index is 12.4. The van der Waals surface area contributed by atoms with E-state index in [2.05, 4.69) is 0 Å². The molecule has 0 saturated carbocycles. The summed E-state index contributed by atoms with van der Waals surface area (Å²) in [6.45, 7) is 3.81. The first kappa shape index (κ1) is 16.7. The van der Waals surface area contributed by atoms with Crippen molar-refractivity contribution < 1.29 is 13.7 Å². The van der Waals surface area contributed by atoms with Crippen LogP contribution in [0.2, 0.25) is 0 Å². The zero-order valence-corrected chi connectivity index (χ0v) is 14.9. The number of esters is 1. The van der Waals surface area contributed by atoms with Crippen LogP contribution in [0.4, 0.5) is 0 Å². The fourth-order valence-electron chi connectivity index (χ4n) is 3.11. The molecule has 3 rings (SSSR count). The molecule has 2 aromatic rings. The lowest BCUT2D eigenvalue weighted by Crippen LogP contribution is -2.22. The predicted octanol–water partition coefficient (Wildman–Crippen LogP) is 3.76. The number of carbonyl (C=O) groups is 1. The van der Waals surface area contributed by atoms with Crippen LogP contribution in [0.25, 0.3) is 5.57 Å². The Morgan fingerprint density at radius 3 is 2.21 bits per heavy atom. The molecular formula is C20H20O3S. The van der Waals surface area contributed by atoms with Crippen LogP contribution in [0.5, 0.6) is 0 Å². The van der Waals surface area contributed by atoms with Gasteiger partial charge in [-0.05, 0) is 37.1 Å². The second kappa shape index (κ2) is 6.36. The topological polar surface area (TPSA) is 43.4 Å². The van der Waals surface area contributed by atoms with Crippen molar-refractivity contribution in [2.75, 3.05) is 6.26 Å². The highest BCUT2D eigenvalue weighted by Gasteiger charge is 2.40. The molecule has 4 heteroatoms. The molecule has 2 aromatic carbocycles. The Labute approximate surface area is 144 Å². The normalized spacial score (nSPS) is 17.7. The highest BCUT2D eigenvalue weighted by atomic mass is 32.2. The zero-order chi connectivity index (χ0) is 17.3. The second-order valence-electron chi connectivity index (χ2n) is 6.39. The van der Waals surface area contributed by atoms with Crippen molar-refractivity contribution in [2.24, 2.45) is 0 Å². The summed E-state index contributed by atoms with van der Waals surface area (Å²) < 4.78 is 17.2. The van der Waals surface area contributed by atoms with Crippen LogP contribution in [-0.4, -0.2) is 22.0 Å². The molecule has 0 aliphatic carbocycles. The minimum atomic E-state index is -1.02. The van der Waals surface area contributed by atoms with Crippen LogP contribution in [-0.2, 0) is 26.8 Å². The monoisotopic (exact) mass is 340 g/mol. The van der Waals surface area contributed by atoms with Crippen molar-refractivity contribution in [3.8, 4) is 0 Å². The molecule has 0 aromatic heterocycles. The summed E-state index contributed by atoms with van der Waals surface area (Å²) in [7, 11) is -1.02. The number of benzene rings is 2. The lowest BCUT2D eigenvalue weighted by atomic mass is 9.87. The van der Waals surface area contributed by atoms with Crippen LogP contribution < -0.4 is 0 Å². The largest absolute Gasteiger partial charge is 0.451 e. The van der Waals surface area contributed by atoms with Gasteiger partial charge in [0.15, 0.2) is 0 Å². The first-order chi connectivity index (χ1) is 11.4. The van der Waals surface area contributed by atoms with Gasteiger partial charge in [-0.25, -0.2) is 4.79 Å². The van der Waals surface area contributed by atoms with E-state index in [-0.39, 0.29) is 5.97 Å². The van der Waals surface area contributed by atoms with Crippen LogP contribution in [0, 0.1) is 0 Å². The molecule has 0 fully saturated rings. The highest BCUT2D eigenvalue weighted by molar-refractivity contribution is 7.84. The van der Waals surface area contributed by atoms with Gasteiger partial charge in [0.25, 0.3) is 0 Å². The average Bonchev–Trinajstić information content (AvgIpc) is 2.77. The van der Waals surface area contributed by atoms with Crippen molar-refractivity contribution in [2.45, 2.75) is 30.8 Å². The summed E-state index contributed by atoms with van der Waals surface area (Å²) >= 11 is 0. The molecule has 0 radical (unpaired) electrons. The molecule has 3 nitrogen and oxygen atoms in total. The number of hydrogen-bond acceptors (Lipinski definition) is 3. The van der Waals surface area contributed by atoms with Gasteiger partial charge in [0, 0.05) is 39.5 Å². The van der Waals surface area contributed by atoms with Crippen LogP contribution in [0.1, 0.15) is 25.0 Å². The summed E-state index contributed by atoms with van der Waals surface area (Å²) in [5.74, 6) is -0.262. The van der Waals surface area contributed by atoms with Gasteiger partial charge in [0.1, 0.15) is 5.60 Å². The van der Waals surface area contributed by atoms with Gasteiger partial charge in [0.05, 0.1) is 0 Å². The summed E-state index contributed by atoms with van der Waals surface area (Å²) in [6.07, 6.45) is 2.20. The van der Waals surface area contributed by atoms with E-state index >= 15 is 0 Å². The van der Waals surface area contributed by atoms with Crippen molar-refractivity contribution in [1.82, 2.24) is 0 Å². The molecule has 124 valence electrons. The molecule has 0 bridgehead atoms. The number of ether oxygens (including phenoxy) is 1. The van der Waals surface area contributed by atoms with E-state index in [1.807, 2.05) is 68.4 Å². The summed E-state index contributed by atoms with van der Waals surface area (Å²) in [6, 6.07) is 17.4. The van der Waals surface area contributed by atoms with E-state index in [0.29, 0.717) is 12.0 Å². The minimum absolute atomic E-state index is 0.262. The quantitative estimate of drug-likeness (QED) is 0.796. The van der Waals surface area contributed by atoms with Crippen molar-refractivity contribution in [1.29, 1.82) is 0 Å². The third kappa shape index (κ3) is 3.20. The van der Waals surface area contributed by atoms with Crippen LogP contribution in [0.3, 0.4) is 0 Å². The lowest BCUT2D eigenvalue weighted by Gasteiger charge is -2.22. The van der Waals surface area contributed by atoms with Gasteiger partial charge in [-0.1, -0.05) is 42.5 Å². The Morgan fingerprint density at radius 1 is 1.00 bits per heavy atom. The Morgan fingerprint density at radius 2 is 1.62 bits per heavy atom. The summed E-state index contributed by atoms with van der Waals surface area (Å²) in [5, 5.41) is 0. The molecule has 0 spiro atoms. The average molecular weight is 340 g/mol. The first-order valence-corrected chi connectivity index (χ1v) is 9.39. The smallest absolute Gasteiger partial charge is 0.335 e. The summed E-state index contributed by atoms with van der Waals surface area (Å²) in [5.41, 5.74) is 2.94. The molecule has 24 heavy (non-hydrogen) atoms. The molecule has 1 aliphatic rings. The van der Waals surface area contributed by atoms with Gasteiger partial charge in [-0.2, -0.15) is 0 Å². The van der Waals surface area contributed by atoms with Gasteiger partial charge in [0.2, 0.25) is 0 Å². The Bertz CT molecular complexity index is 818. The Hall–Kier alpha value is -2.20. The molecule has 0 N–H and O–H groups in total. The van der Waals surface area contributed by atoms with E-state index in [1.54, 1.807) is 6.26 Å². The first-order valence-electron chi connectivity index (χ1n) is 7.83. The van der Waals surface area contributed by atoms with Crippen LogP contribution in [0.15, 0.2) is 65.1 Å². The van der Waals surface area contributed by atoms with Crippen molar-refractivity contribution in [3.63, 3.8) is 0 Å². The van der Waals surface area contributed by atoms with E-state index in [9.17, 15) is 9.00 Å². The lowest BCUT2D eigenvalue weighted by molar-refractivity contribution is -0.143. The molecular weight excluding hydrogens is 320 g/mol. The van der Waals surface area contributed by atoms with Gasteiger partial charge >= 0.3 is 5.97 Å². The molecule has 1 aliphatic heterocycles. The van der Waals surface area contributed by atoms with Crippen molar-refractivity contribution >= 4 is 22.3 Å². The molecule has 1 unspecified atom stereocenters. The van der Waals surface area contributed by atoms with E-state index in [0.717, 1.165) is 21.6 Å². The molecule has 0 saturated heterocycles. The van der Waals surface area contributed by atoms with Gasteiger partial charge in [-0.3, -0.25) is 4.21 Å². The van der Waals surface area contributed by atoms with E-state index < -0.39 is 16.4 Å². The van der Waals surface area contributed by atoms with Gasteiger partial charge < -0.3 is 4.74 Å². The Kier molecular flexibility index (Phi) is 4.41. The third-order valence-electron chi connectivity index (χ3n) is 4.20. The van der Waals surface area contributed by atoms with Crippen LogP contribution >= 0.6 is 0 Å². The maximum Gasteiger partial charge on any atom is 0.335 e. The zero-order valence-electron chi connectivity index (χ0n) is 14.0. The van der Waals surface area contributed by atoms with E-state index in [1.165, 1.54) is 0 Å². The molecule has 0 amide bonds. The highest BCUT2D eigenvalue weighted by Crippen LogP contribution is 2.40. The van der Waals surface area contributed by atoms with Gasteiger partial charge in [-0.15, -0.1) is 0 Å². The fraction of sp³-hybridized carbons (Fsp3) is 0.250. The third-order valence-corrected chi connectivity index (χ3v) is 5.13.